The van der Waals surface area contributed by atoms with Crippen LogP contribution in [-0.4, -0.2) is 25.6 Å². The molecule has 1 rings (SSSR count). The number of hydrogen-bond donors (Lipinski definition) is 1. The van der Waals surface area contributed by atoms with Crippen LogP contribution in [0.1, 0.15) is 18.1 Å². The third kappa shape index (κ3) is 2.40. The van der Waals surface area contributed by atoms with Crippen molar-refractivity contribution in [3.8, 4) is 0 Å². The molecule has 16 heavy (non-hydrogen) atoms. The second kappa shape index (κ2) is 4.91. The van der Waals surface area contributed by atoms with E-state index >= 15 is 0 Å². The topological polar surface area (TPSA) is 38.7 Å². The number of aryl methyl sites for hydroxylation is 1. The fraction of sp³-hybridized carbons (Fsp3) is 0.500. The van der Waals surface area contributed by atoms with Crippen molar-refractivity contribution in [1.29, 1.82) is 0 Å². The number of hydrogen-bond acceptors (Lipinski definition) is 3. The van der Waals surface area contributed by atoms with Gasteiger partial charge in [0.15, 0.2) is 6.29 Å². The predicted molar refractivity (Wildman–Crippen MR) is 58.5 cm³/mol. The summed E-state index contributed by atoms with van der Waals surface area (Å²) < 4.78 is 23.2. The standard InChI is InChI=1S/C12H17FO3/c1-8-7-9(5-6-10(8)13)12(2,14)11(15-3)16-4/h5-7,11,14H,1-4H3. The molecule has 90 valence electrons. The molecule has 1 aromatic carbocycles. The van der Waals surface area contributed by atoms with Crippen LogP contribution in [0.5, 0.6) is 0 Å². The zero-order chi connectivity index (χ0) is 12.3. The first-order chi connectivity index (χ1) is 7.43. The summed E-state index contributed by atoms with van der Waals surface area (Å²) in [6.45, 7) is 3.21. The van der Waals surface area contributed by atoms with Gasteiger partial charge in [-0.25, -0.2) is 4.39 Å². The maximum Gasteiger partial charge on any atom is 0.189 e. The van der Waals surface area contributed by atoms with E-state index in [1.807, 2.05) is 0 Å². The van der Waals surface area contributed by atoms with E-state index in [0.29, 0.717) is 11.1 Å². The molecule has 0 amide bonds. The van der Waals surface area contributed by atoms with E-state index in [9.17, 15) is 9.50 Å². The summed E-state index contributed by atoms with van der Waals surface area (Å²) in [5, 5.41) is 10.3. The van der Waals surface area contributed by atoms with E-state index in [1.54, 1.807) is 19.9 Å². The average molecular weight is 228 g/mol. The summed E-state index contributed by atoms with van der Waals surface area (Å²) in [6, 6.07) is 4.43. The number of rotatable bonds is 4. The van der Waals surface area contributed by atoms with E-state index in [2.05, 4.69) is 0 Å². The summed E-state index contributed by atoms with van der Waals surface area (Å²) in [5.74, 6) is -0.300. The molecular weight excluding hydrogens is 211 g/mol. The van der Waals surface area contributed by atoms with Crippen LogP contribution in [0.25, 0.3) is 0 Å². The number of halogens is 1. The Balaban J connectivity index is 3.10. The average Bonchev–Trinajstić information content (AvgIpc) is 2.23. The molecule has 4 heteroatoms. The van der Waals surface area contributed by atoms with Gasteiger partial charge in [-0.05, 0) is 31.0 Å². The summed E-state index contributed by atoms with van der Waals surface area (Å²) in [6.07, 6.45) is -0.794. The lowest BCUT2D eigenvalue weighted by molar-refractivity contribution is -0.213. The van der Waals surface area contributed by atoms with Gasteiger partial charge in [0.2, 0.25) is 0 Å². The van der Waals surface area contributed by atoms with Gasteiger partial charge in [0.25, 0.3) is 0 Å². The van der Waals surface area contributed by atoms with Crippen molar-refractivity contribution in [3.63, 3.8) is 0 Å². The molecule has 3 nitrogen and oxygen atoms in total. The lowest BCUT2D eigenvalue weighted by Crippen LogP contribution is -2.39. The largest absolute Gasteiger partial charge is 0.380 e. The monoisotopic (exact) mass is 228 g/mol. The van der Waals surface area contributed by atoms with E-state index < -0.39 is 11.9 Å². The first kappa shape index (κ1) is 13.1. The van der Waals surface area contributed by atoms with Crippen LogP contribution >= 0.6 is 0 Å². The molecule has 0 radical (unpaired) electrons. The highest BCUT2D eigenvalue weighted by molar-refractivity contribution is 5.28. The van der Waals surface area contributed by atoms with Crippen molar-refractivity contribution >= 4 is 0 Å². The maximum atomic E-state index is 13.1. The van der Waals surface area contributed by atoms with Crippen molar-refractivity contribution < 1.29 is 19.0 Å². The molecule has 0 saturated heterocycles. The Kier molecular flexibility index (Phi) is 4.02. The maximum absolute atomic E-state index is 13.1. The van der Waals surface area contributed by atoms with Crippen LogP contribution < -0.4 is 0 Å². The highest BCUT2D eigenvalue weighted by Gasteiger charge is 2.34. The molecule has 0 spiro atoms. The summed E-state index contributed by atoms with van der Waals surface area (Å²) >= 11 is 0. The van der Waals surface area contributed by atoms with Gasteiger partial charge in [-0.1, -0.05) is 12.1 Å². The van der Waals surface area contributed by atoms with Crippen LogP contribution in [0.4, 0.5) is 4.39 Å². The Hall–Kier alpha value is -0.970. The molecule has 0 fully saturated rings. The second-order valence-electron chi connectivity index (χ2n) is 3.91. The number of aliphatic hydroxyl groups is 1. The Morgan fingerprint density at radius 1 is 1.31 bits per heavy atom. The summed E-state index contributed by atoms with van der Waals surface area (Å²) in [7, 11) is 2.89. The Morgan fingerprint density at radius 3 is 2.31 bits per heavy atom. The van der Waals surface area contributed by atoms with Crippen molar-refractivity contribution in [3.05, 3.63) is 35.1 Å². The van der Waals surface area contributed by atoms with Gasteiger partial charge >= 0.3 is 0 Å². The van der Waals surface area contributed by atoms with E-state index in [0.717, 1.165) is 0 Å². The van der Waals surface area contributed by atoms with Crippen LogP contribution in [-0.2, 0) is 15.1 Å². The molecule has 0 aliphatic rings. The molecule has 0 heterocycles. The van der Waals surface area contributed by atoms with Gasteiger partial charge in [0.05, 0.1) is 0 Å². The third-order valence-electron chi connectivity index (χ3n) is 2.63. The first-order valence-corrected chi connectivity index (χ1v) is 4.98. The van der Waals surface area contributed by atoms with Gasteiger partial charge in [0, 0.05) is 14.2 Å². The lowest BCUT2D eigenvalue weighted by Gasteiger charge is -2.31. The van der Waals surface area contributed by atoms with Crippen molar-refractivity contribution in [2.24, 2.45) is 0 Å². The fourth-order valence-electron chi connectivity index (χ4n) is 1.65. The van der Waals surface area contributed by atoms with Gasteiger partial charge in [-0.2, -0.15) is 0 Å². The van der Waals surface area contributed by atoms with E-state index in [1.165, 1.54) is 26.4 Å². The Morgan fingerprint density at radius 2 is 1.88 bits per heavy atom. The van der Waals surface area contributed by atoms with Crippen molar-refractivity contribution in [2.75, 3.05) is 14.2 Å². The summed E-state index contributed by atoms with van der Waals surface area (Å²) in [4.78, 5) is 0. The van der Waals surface area contributed by atoms with Gasteiger partial charge < -0.3 is 14.6 Å². The van der Waals surface area contributed by atoms with E-state index in [4.69, 9.17) is 9.47 Å². The molecule has 0 bridgehead atoms. The highest BCUT2D eigenvalue weighted by atomic mass is 19.1. The SMILES string of the molecule is COC(OC)C(C)(O)c1ccc(F)c(C)c1. The van der Waals surface area contributed by atoms with Crippen molar-refractivity contribution in [2.45, 2.75) is 25.7 Å². The first-order valence-electron chi connectivity index (χ1n) is 4.98. The molecule has 1 aromatic rings. The molecule has 1 N–H and O–H groups in total. The molecule has 1 atom stereocenters. The highest BCUT2D eigenvalue weighted by Crippen LogP contribution is 2.28. The molecule has 0 aliphatic heterocycles. The molecule has 0 aromatic heterocycles. The van der Waals surface area contributed by atoms with Crippen LogP contribution in [0, 0.1) is 12.7 Å². The van der Waals surface area contributed by atoms with Gasteiger partial charge in [-0.3, -0.25) is 0 Å². The number of ether oxygens (including phenoxy) is 2. The predicted octanol–water partition coefficient (Wildman–Crippen LogP) is 1.96. The molecule has 0 saturated carbocycles. The smallest absolute Gasteiger partial charge is 0.189 e. The zero-order valence-corrected chi connectivity index (χ0v) is 9.95. The second-order valence-corrected chi connectivity index (χ2v) is 3.91. The normalized spacial score (nSPS) is 15.2. The fourth-order valence-corrected chi connectivity index (χ4v) is 1.65. The minimum absolute atomic E-state index is 0.300. The zero-order valence-electron chi connectivity index (χ0n) is 9.95. The van der Waals surface area contributed by atoms with Gasteiger partial charge in [-0.15, -0.1) is 0 Å². The minimum Gasteiger partial charge on any atom is -0.380 e. The Bertz CT molecular complexity index is 359. The van der Waals surface area contributed by atoms with Crippen LogP contribution in [0.2, 0.25) is 0 Å². The summed E-state index contributed by atoms with van der Waals surface area (Å²) in [5.41, 5.74) is -0.286. The quantitative estimate of drug-likeness (QED) is 0.801. The molecule has 1 unspecified atom stereocenters. The molecular formula is C12H17FO3. The number of methoxy groups -OCH3 is 2. The van der Waals surface area contributed by atoms with E-state index in [-0.39, 0.29) is 5.82 Å². The van der Waals surface area contributed by atoms with Crippen LogP contribution in [0.15, 0.2) is 18.2 Å². The van der Waals surface area contributed by atoms with Gasteiger partial charge in [0.1, 0.15) is 11.4 Å². The third-order valence-corrected chi connectivity index (χ3v) is 2.63. The van der Waals surface area contributed by atoms with Crippen molar-refractivity contribution in [1.82, 2.24) is 0 Å². The minimum atomic E-state index is -1.32. The molecule has 0 aliphatic carbocycles. The van der Waals surface area contributed by atoms with Crippen LogP contribution in [0.3, 0.4) is 0 Å². The lowest BCUT2D eigenvalue weighted by atomic mass is 9.94. The number of benzene rings is 1. The Labute approximate surface area is 94.8 Å².